The van der Waals surface area contributed by atoms with E-state index in [0.717, 1.165) is 28.1 Å². The highest BCUT2D eigenvalue weighted by Gasteiger charge is 2.08. The number of rotatable bonds is 4. The van der Waals surface area contributed by atoms with Gasteiger partial charge in [0.15, 0.2) is 5.65 Å². The lowest BCUT2D eigenvalue weighted by atomic mass is 10.0. The number of fused-ring (bicyclic) bond motifs is 1. The topological polar surface area (TPSA) is 72.2 Å². The van der Waals surface area contributed by atoms with Crippen molar-refractivity contribution in [3.63, 3.8) is 0 Å². The minimum absolute atomic E-state index is 0.147. The fourth-order valence-corrected chi connectivity index (χ4v) is 3.25. The van der Waals surface area contributed by atoms with Crippen LogP contribution in [0.3, 0.4) is 0 Å². The molecule has 0 saturated heterocycles. The number of aromatic nitrogens is 4. The van der Waals surface area contributed by atoms with Gasteiger partial charge in [0, 0.05) is 16.8 Å². The van der Waals surface area contributed by atoms with Crippen molar-refractivity contribution >= 4 is 17.2 Å². The molecule has 6 heteroatoms. The van der Waals surface area contributed by atoms with Crippen molar-refractivity contribution in [3.8, 4) is 22.4 Å². The lowest BCUT2D eigenvalue weighted by Gasteiger charge is -2.08. The summed E-state index contributed by atoms with van der Waals surface area (Å²) in [7, 11) is 0. The van der Waals surface area contributed by atoms with Crippen molar-refractivity contribution < 1.29 is 4.79 Å². The van der Waals surface area contributed by atoms with Gasteiger partial charge in [-0.05, 0) is 47.5 Å². The Hall–Kier alpha value is -4.32. The molecule has 0 aliphatic heterocycles. The maximum Gasteiger partial charge on any atom is 0.255 e. The monoisotopic (exact) mass is 391 g/mol. The van der Waals surface area contributed by atoms with Gasteiger partial charge >= 0.3 is 0 Å². The Morgan fingerprint density at radius 3 is 2.20 bits per heavy atom. The van der Waals surface area contributed by atoms with Crippen LogP contribution < -0.4 is 5.32 Å². The largest absolute Gasteiger partial charge is 0.322 e. The second-order valence-corrected chi connectivity index (χ2v) is 6.83. The lowest BCUT2D eigenvalue weighted by Crippen LogP contribution is -2.11. The van der Waals surface area contributed by atoms with Gasteiger partial charge < -0.3 is 5.32 Å². The van der Waals surface area contributed by atoms with Crippen LogP contribution in [0.15, 0.2) is 97.3 Å². The molecule has 0 spiro atoms. The number of nitrogens with one attached hydrogen (secondary N) is 1. The normalized spacial score (nSPS) is 10.8. The Labute approximate surface area is 172 Å². The average Bonchev–Trinajstić information content (AvgIpc) is 3.28. The van der Waals surface area contributed by atoms with Crippen molar-refractivity contribution in [3.05, 3.63) is 103 Å². The molecule has 5 rings (SSSR count). The first-order valence-corrected chi connectivity index (χ1v) is 9.51. The number of hydrogen-bond acceptors (Lipinski definition) is 4. The molecule has 0 atom stereocenters. The first-order valence-electron chi connectivity index (χ1n) is 9.51. The summed E-state index contributed by atoms with van der Waals surface area (Å²) in [5, 5.41) is 15.2. The molecule has 3 aromatic carbocycles. The minimum Gasteiger partial charge on any atom is -0.322 e. The van der Waals surface area contributed by atoms with Gasteiger partial charge in [-0.15, -0.1) is 10.2 Å². The molecule has 144 valence electrons. The van der Waals surface area contributed by atoms with Gasteiger partial charge in [0.25, 0.3) is 5.91 Å². The van der Waals surface area contributed by atoms with Crippen LogP contribution in [-0.4, -0.2) is 25.7 Å². The van der Waals surface area contributed by atoms with E-state index in [-0.39, 0.29) is 5.91 Å². The molecule has 0 bridgehead atoms. The van der Waals surface area contributed by atoms with Gasteiger partial charge in [0.2, 0.25) is 0 Å². The minimum atomic E-state index is -0.147. The molecule has 0 radical (unpaired) electrons. The van der Waals surface area contributed by atoms with E-state index in [1.54, 1.807) is 10.8 Å². The molecule has 0 saturated carbocycles. The molecular weight excluding hydrogens is 374 g/mol. The Balaban J connectivity index is 1.30. The van der Waals surface area contributed by atoms with Crippen molar-refractivity contribution in [1.29, 1.82) is 0 Å². The van der Waals surface area contributed by atoms with Gasteiger partial charge in [0.05, 0.1) is 5.69 Å². The Morgan fingerprint density at radius 1 is 0.733 bits per heavy atom. The molecule has 2 heterocycles. The maximum atomic E-state index is 12.6. The number of carbonyl (C=O) groups excluding carboxylic acids is 1. The predicted octanol–water partition coefficient (Wildman–Crippen LogP) is 4.71. The number of benzene rings is 3. The fourth-order valence-electron chi connectivity index (χ4n) is 3.25. The Bertz CT molecular complexity index is 1310. The van der Waals surface area contributed by atoms with Crippen LogP contribution in [0.25, 0.3) is 28.0 Å². The summed E-state index contributed by atoms with van der Waals surface area (Å²) < 4.78 is 1.63. The third-order valence-electron chi connectivity index (χ3n) is 4.85. The number of hydrogen-bond donors (Lipinski definition) is 1. The highest BCUT2D eigenvalue weighted by molar-refractivity contribution is 6.04. The zero-order valence-electron chi connectivity index (χ0n) is 15.9. The number of carbonyl (C=O) groups is 1. The summed E-state index contributed by atoms with van der Waals surface area (Å²) in [5.74, 6) is -0.147. The molecule has 1 N–H and O–H groups in total. The lowest BCUT2D eigenvalue weighted by molar-refractivity contribution is 0.102. The number of nitrogens with zero attached hydrogens (tertiary/aromatic N) is 4. The third kappa shape index (κ3) is 3.54. The molecule has 2 aromatic heterocycles. The molecule has 0 unspecified atom stereocenters. The van der Waals surface area contributed by atoms with Crippen molar-refractivity contribution in [1.82, 2.24) is 19.8 Å². The standard InChI is InChI=1S/C24H17N5O/c30-24(20-8-6-18(7-9-20)17-4-2-1-3-5-17)26-21-12-10-19(11-13-21)22-14-15-23-27-25-16-29(23)28-22/h1-16H,(H,26,30). The van der Waals surface area contributed by atoms with Gasteiger partial charge in [-0.25, -0.2) is 0 Å². The highest BCUT2D eigenvalue weighted by Crippen LogP contribution is 2.22. The summed E-state index contributed by atoms with van der Waals surface area (Å²) >= 11 is 0. The molecule has 6 nitrogen and oxygen atoms in total. The van der Waals surface area contributed by atoms with E-state index in [9.17, 15) is 4.79 Å². The molecular formula is C24H17N5O. The van der Waals surface area contributed by atoms with Crippen LogP contribution in [0.2, 0.25) is 0 Å². The quantitative estimate of drug-likeness (QED) is 0.482. The second-order valence-electron chi connectivity index (χ2n) is 6.83. The average molecular weight is 391 g/mol. The van der Waals surface area contributed by atoms with Crippen LogP contribution in [0, 0.1) is 0 Å². The van der Waals surface area contributed by atoms with E-state index >= 15 is 0 Å². The van der Waals surface area contributed by atoms with Gasteiger partial charge in [-0.3, -0.25) is 4.79 Å². The molecule has 0 fully saturated rings. The SMILES string of the molecule is O=C(Nc1ccc(-c2ccc3nncn3n2)cc1)c1ccc(-c2ccccc2)cc1. The van der Waals surface area contributed by atoms with Crippen molar-refractivity contribution in [2.24, 2.45) is 0 Å². The summed E-state index contributed by atoms with van der Waals surface area (Å²) in [5.41, 5.74) is 5.97. The smallest absolute Gasteiger partial charge is 0.255 e. The van der Waals surface area contributed by atoms with E-state index in [1.807, 2.05) is 91.0 Å². The Morgan fingerprint density at radius 2 is 1.43 bits per heavy atom. The first-order chi connectivity index (χ1) is 14.8. The fraction of sp³-hybridized carbons (Fsp3) is 0. The van der Waals surface area contributed by atoms with E-state index in [4.69, 9.17) is 0 Å². The molecule has 0 aliphatic rings. The van der Waals surface area contributed by atoms with Gasteiger partial charge in [-0.2, -0.15) is 9.61 Å². The summed E-state index contributed by atoms with van der Waals surface area (Å²) in [6.07, 6.45) is 1.57. The van der Waals surface area contributed by atoms with Crippen LogP contribution >= 0.6 is 0 Å². The number of amides is 1. The molecule has 0 aliphatic carbocycles. The maximum absolute atomic E-state index is 12.6. The van der Waals surface area contributed by atoms with Gasteiger partial charge in [0.1, 0.15) is 6.33 Å². The van der Waals surface area contributed by atoms with Crippen LogP contribution in [0.1, 0.15) is 10.4 Å². The van der Waals surface area contributed by atoms with E-state index < -0.39 is 0 Å². The first kappa shape index (κ1) is 17.8. The summed E-state index contributed by atoms with van der Waals surface area (Å²) in [6.45, 7) is 0. The summed E-state index contributed by atoms with van der Waals surface area (Å²) in [6, 6.07) is 29.0. The molecule has 30 heavy (non-hydrogen) atoms. The van der Waals surface area contributed by atoms with Gasteiger partial charge in [-0.1, -0.05) is 54.6 Å². The van der Waals surface area contributed by atoms with Crippen molar-refractivity contribution in [2.75, 3.05) is 5.32 Å². The zero-order valence-corrected chi connectivity index (χ0v) is 15.9. The van der Waals surface area contributed by atoms with Crippen LogP contribution in [0.5, 0.6) is 0 Å². The highest BCUT2D eigenvalue weighted by atomic mass is 16.1. The molecule has 5 aromatic rings. The van der Waals surface area contributed by atoms with Crippen molar-refractivity contribution in [2.45, 2.75) is 0 Å². The molecule has 1 amide bonds. The second kappa shape index (κ2) is 7.60. The van der Waals surface area contributed by atoms with E-state index in [1.165, 1.54) is 0 Å². The third-order valence-corrected chi connectivity index (χ3v) is 4.85. The van der Waals surface area contributed by atoms with Crippen LogP contribution in [-0.2, 0) is 0 Å². The number of anilines is 1. The Kier molecular flexibility index (Phi) is 4.50. The predicted molar refractivity (Wildman–Crippen MR) is 116 cm³/mol. The zero-order chi connectivity index (χ0) is 20.3. The van der Waals surface area contributed by atoms with Crippen LogP contribution in [0.4, 0.5) is 5.69 Å². The van der Waals surface area contributed by atoms with E-state index in [0.29, 0.717) is 11.2 Å². The van der Waals surface area contributed by atoms with E-state index in [2.05, 4.69) is 20.6 Å². The summed E-state index contributed by atoms with van der Waals surface area (Å²) in [4.78, 5) is 12.6.